The minimum absolute atomic E-state index is 0.491. The van der Waals surface area contributed by atoms with E-state index in [0.717, 1.165) is 30.2 Å². The van der Waals surface area contributed by atoms with E-state index in [1.165, 1.54) is 5.56 Å². The fourth-order valence-corrected chi connectivity index (χ4v) is 2.12. The van der Waals surface area contributed by atoms with Crippen molar-refractivity contribution < 1.29 is 4.74 Å². The molecule has 0 saturated heterocycles. The molecule has 1 atom stereocenters. The molecule has 0 bridgehead atoms. The van der Waals surface area contributed by atoms with E-state index in [2.05, 4.69) is 36.3 Å². The van der Waals surface area contributed by atoms with Crippen molar-refractivity contribution in [1.29, 1.82) is 0 Å². The zero-order valence-corrected chi connectivity index (χ0v) is 12.4. The summed E-state index contributed by atoms with van der Waals surface area (Å²) in [5.41, 5.74) is 2.23. The first-order chi connectivity index (χ1) is 9.74. The summed E-state index contributed by atoms with van der Waals surface area (Å²) < 4.78 is 6.05. The van der Waals surface area contributed by atoms with Crippen molar-refractivity contribution in [2.24, 2.45) is 0 Å². The molecular weight excluding hydrogens is 248 g/mol. The highest BCUT2D eigenvalue weighted by Gasteiger charge is 2.10. The smallest absolute Gasteiger partial charge is 0.130 e. The van der Waals surface area contributed by atoms with Crippen molar-refractivity contribution in [3.05, 3.63) is 53.9 Å². The lowest BCUT2D eigenvalue weighted by Gasteiger charge is -2.15. The standard InChI is InChI=1S/C17H22N2O/c1-4-13(2)16-7-5-6-8-17(16)20-15-9-10-19-14(11-15)12-18-3/h5-11,13,18H,4,12H2,1-3H3. The van der Waals surface area contributed by atoms with Crippen molar-refractivity contribution in [1.82, 2.24) is 10.3 Å². The molecule has 2 rings (SSSR count). The summed E-state index contributed by atoms with van der Waals surface area (Å²) in [6.45, 7) is 5.16. The number of para-hydroxylation sites is 1. The van der Waals surface area contributed by atoms with Gasteiger partial charge in [-0.25, -0.2) is 0 Å². The van der Waals surface area contributed by atoms with Crippen molar-refractivity contribution in [3.8, 4) is 11.5 Å². The Morgan fingerprint density at radius 3 is 2.80 bits per heavy atom. The van der Waals surface area contributed by atoms with E-state index in [-0.39, 0.29) is 0 Å². The summed E-state index contributed by atoms with van der Waals surface area (Å²) >= 11 is 0. The molecule has 0 aliphatic carbocycles. The maximum Gasteiger partial charge on any atom is 0.130 e. The van der Waals surface area contributed by atoms with Crippen LogP contribution in [0.2, 0.25) is 0 Å². The highest BCUT2D eigenvalue weighted by Crippen LogP contribution is 2.31. The summed E-state index contributed by atoms with van der Waals surface area (Å²) in [7, 11) is 1.91. The molecule has 0 aliphatic rings. The molecule has 3 heteroatoms. The minimum atomic E-state index is 0.491. The van der Waals surface area contributed by atoms with Crippen LogP contribution in [0.5, 0.6) is 11.5 Å². The number of pyridine rings is 1. The van der Waals surface area contributed by atoms with Crippen LogP contribution in [-0.4, -0.2) is 12.0 Å². The second kappa shape index (κ2) is 7.06. The number of aromatic nitrogens is 1. The Morgan fingerprint density at radius 1 is 1.25 bits per heavy atom. The van der Waals surface area contributed by atoms with Gasteiger partial charge in [0.1, 0.15) is 11.5 Å². The third kappa shape index (κ3) is 3.58. The molecular formula is C17H22N2O. The number of nitrogens with zero attached hydrogens (tertiary/aromatic N) is 1. The van der Waals surface area contributed by atoms with Gasteiger partial charge in [-0.1, -0.05) is 32.0 Å². The first-order valence-corrected chi connectivity index (χ1v) is 7.11. The van der Waals surface area contributed by atoms with Crippen LogP contribution in [0.15, 0.2) is 42.6 Å². The van der Waals surface area contributed by atoms with Crippen molar-refractivity contribution in [2.75, 3.05) is 7.05 Å². The molecule has 0 radical (unpaired) electrons. The Balaban J connectivity index is 2.23. The highest BCUT2D eigenvalue weighted by molar-refractivity contribution is 5.39. The maximum atomic E-state index is 6.05. The molecule has 0 saturated carbocycles. The second-order valence-electron chi connectivity index (χ2n) is 4.96. The van der Waals surface area contributed by atoms with E-state index in [1.54, 1.807) is 6.20 Å². The van der Waals surface area contributed by atoms with Crippen LogP contribution in [0.4, 0.5) is 0 Å². The summed E-state index contributed by atoms with van der Waals surface area (Å²) in [5.74, 6) is 2.26. The number of benzene rings is 1. The number of ether oxygens (including phenoxy) is 1. The predicted octanol–water partition coefficient (Wildman–Crippen LogP) is 4.11. The topological polar surface area (TPSA) is 34.1 Å². The average Bonchev–Trinajstić information content (AvgIpc) is 2.48. The van der Waals surface area contributed by atoms with Crippen molar-refractivity contribution >= 4 is 0 Å². The summed E-state index contributed by atoms with van der Waals surface area (Å²) in [6, 6.07) is 12.1. The molecule has 106 valence electrons. The normalized spacial score (nSPS) is 12.2. The zero-order chi connectivity index (χ0) is 14.4. The molecule has 1 unspecified atom stereocenters. The van der Waals surface area contributed by atoms with E-state index in [1.807, 2.05) is 31.3 Å². The molecule has 0 aliphatic heterocycles. The van der Waals surface area contributed by atoms with Gasteiger partial charge in [-0.05, 0) is 37.1 Å². The van der Waals surface area contributed by atoms with Gasteiger partial charge in [-0.3, -0.25) is 4.98 Å². The van der Waals surface area contributed by atoms with E-state index < -0.39 is 0 Å². The van der Waals surface area contributed by atoms with Gasteiger partial charge in [0.25, 0.3) is 0 Å². The third-order valence-electron chi connectivity index (χ3n) is 3.44. The Kier molecular flexibility index (Phi) is 5.13. The first-order valence-electron chi connectivity index (χ1n) is 7.11. The summed E-state index contributed by atoms with van der Waals surface area (Å²) in [5, 5.41) is 3.10. The third-order valence-corrected chi connectivity index (χ3v) is 3.44. The van der Waals surface area contributed by atoms with Gasteiger partial charge in [-0.2, -0.15) is 0 Å². The molecule has 0 fully saturated rings. The number of nitrogens with one attached hydrogen (secondary N) is 1. The lowest BCUT2D eigenvalue weighted by Crippen LogP contribution is -2.06. The van der Waals surface area contributed by atoms with Crippen LogP contribution in [-0.2, 0) is 6.54 Å². The molecule has 20 heavy (non-hydrogen) atoms. The molecule has 1 aromatic carbocycles. The highest BCUT2D eigenvalue weighted by atomic mass is 16.5. The molecule has 0 spiro atoms. The Labute approximate surface area is 121 Å². The maximum absolute atomic E-state index is 6.05. The fraction of sp³-hybridized carbons (Fsp3) is 0.353. The fourth-order valence-electron chi connectivity index (χ4n) is 2.12. The number of hydrogen-bond acceptors (Lipinski definition) is 3. The van der Waals surface area contributed by atoms with Gasteiger partial charge in [-0.15, -0.1) is 0 Å². The van der Waals surface area contributed by atoms with Gasteiger partial charge in [0.15, 0.2) is 0 Å². The summed E-state index contributed by atoms with van der Waals surface area (Å²) in [6.07, 6.45) is 2.88. The largest absolute Gasteiger partial charge is 0.457 e. The van der Waals surface area contributed by atoms with E-state index in [9.17, 15) is 0 Å². The molecule has 1 aromatic heterocycles. The van der Waals surface area contributed by atoms with Crippen LogP contribution >= 0.6 is 0 Å². The van der Waals surface area contributed by atoms with Crippen LogP contribution in [0.3, 0.4) is 0 Å². The predicted molar refractivity (Wildman–Crippen MR) is 82.2 cm³/mol. The Morgan fingerprint density at radius 2 is 2.05 bits per heavy atom. The Hall–Kier alpha value is -1.87. The average molecular weight is 270 g/mol. The van der Waals surface area contributed by atoms with E-state index >= 15 is 0 Å². The zero-order valence-electron chi connectivity index (χ0n) is 12.4. The van der Waals surface area contributed by atoms with E-state index in [0.29, 0.717) is 5.92 Å². The molecule has 1 N–H and O–H groups in total. The van der Waals surface area contributed by atoms with E-state index in [4.69, 9.17) is 4.74 Å². The van der Waals surface area contributed by atoms with Gasteiger partial charge in [0, 0.05) is 18.8 Å². The quantitative estimate of drug-likeness (QED) is 0.857. The SMILES string of the molecule is CCC(C)c1ccccc1Oc1ccnc(CNC)c1. The van der Waals surface area contributed by atoms with Crippen LogP contribution in [0.1, 0.15) is 37.4 Å². The van der Waals surface area contributed by atoms with Crippen molar-refractivity contribution in [3.63, 3.8) is 0 Å². The van der Waals surface area contributed by atoms with Crippen LogP contribution in [0, 0.1) is 0 Å². The van der Waals surface area contributed by atoms with Crippen molar-refractivity contribution in [2.45, 2.75) is 32.7 Å². The molecule has 1 heterocycles. The van der Waals surface area contributed by atoms with Gasteiger partial charge in [0.2, 0.25) is 0 Å². The Bertz CT molecular complexity index is 554. The van der Waals surface area contributed by atoms with Crippen LogP contribution in [0.25, 0.3) is 0 Å². The van der Waals surface area contributed by atoms with Gasteiger partial charge >= 0.3 is 0 Å². The van der Waals surface area contributed by atoms with Gasteiger partial charge in [0.05, 0.1) is 5.69 Å². The van der Waals surface area contributed by atoms with Crippen LogP contribution < -0.4 is 10.1 Å². The second-order valence-corrected chi connectivity index (χ2v) is 4.96. The number of rotatable bonds is 6. The minimum Gasteiger partial charge on any atom is -0.457 e. The lowest BCUT2D eigenvalue weighted by atomic mass is 9.98. The first kappa shape index (κ1) is 14.5. The molecule has 0 amide bonds. The summed E-state index contributed by atoms with van der Waals surface area (Å²) in [4.78, 5) is 4.30. The number of hydrogen-bond donors (Lipinski definition) is 1. The van der Waals surface area contributed by atoms with Gasteiger partial charge < -0.3 is 10.1 Å². The molecule has 3 nitrogen and oxygen atoms in total. The molecule has 2 aromatic rings. The lowest BCUT2D eigenvalue weighted by molar-refractivity contribution is 0.468. The monoisotopic (exact) mass is 270 g/mol.